The first-order valence-corrected chi connectivity index (χ1v) is 3.88. The monoisotopic (exact) mass is 249 g/mol. The molecule has 0 radical (unpaired) electrons. The van der Waals surface area contributed by atoms with Gasteiger partial charge in [-0.3, -0.25) is 0 Å². The molecule has 1 aliphatic carbocycles. The average Bonchev–Trinajstić information content (AvgIpc) is 1.82. The van der Waals surface area contributed by atoms with Gasteiger partial charge in [0.1, 0.15) is 0 Å². The quantitative estimate of drug-likeness (QED) is 0.557. The highest BCUT2D eigenvalue weighted by molar-refractivity contribution is 14.1. The number of allylic oxidation sites excluding steroid dienone is 2. The van der Waals surface area contributed by atoms with Crippen molar-refractivity contribution in [3.05, 3.63) is 21.0 Å². The molecule has 1 aliphatic rings. The fraction of sp³-hybridized carbons (Fsp3) is 0.167. The fourth-order valence-electron chi connectivity index (χ4n) is 0.736. The van der Waals surface area contributed by atoms with Crippen LogP contribution in [0.3, 0.4) is 0 Å². The molecule has 0 aromatic carbocycles. The van der Waals surface area contributed by atoms with Gasteiger partial charge in [0, 0.05) is 15.7 Å². The van der Waals surface area contributed by atoms with Crippen LogP contribution in [0.5, 0.6) is 0 Å². The second-order valence-electron chi connectivity index (χ2n) is 2.12. The highest BCUT2D eigenvalue weighted by atomic mass is 127. The van der Waals surface area contributed by atoms with Crippen LogP contribution in [0.2, 0.25) is 0 Å². The van der Waals surface area contributed by atoms with E-state index in [-0.39, 0.29) is 0 Å². The number of halogens is 1. The summed E-state index contributed by atoms with van der Waals surface area (Å²) < 4.78 is 0.961. The standard InChI is InChI=1S/C6H8IN3/c7-4-1-3(8)2-5(9)6(4)10/h2,8H,1,9-10H2. The third kappa shape index (κ3) is 1.31. The highest BCUT2D eigenvalue weighted by Gasteiger charge is 2.10. The Kier molecular flexibility index (Phi) is 1.98. The van der Waals surface area contributed by atoms with Crippen LogP contribution in [0, 0.1) is 5.41 Å². The molecule has 0 fully saturated rings. The van der Waals surface area contributed by atoms with E-state index >= 15 is 0 Å². The first kappa shape index (κ1) is 7.59. The molecule has 3 nitrogen and oxygen atoms in total. The number of rotatable bonds is 0. The molecule has 1 rings (SSSR count). The molecule has 0 unspecified atom stereocenters. The molecule has 0 aliphatic heterocycles. The topological polar surface area (TPSA) is 75.9 Å². The van der Waals surface area contributed by atoms with Gasteiger partial charge in [0.05, 0.1) is 11.4 Å². The van der Waals surface area contributed by atoms with E-state index in [0.29, 0.717) is 23.5 Å². The molecule has 0 aromatic rings. The van der Waals surface area contributed by atoms with Gasteiger partial charge in [-0.15, -0.1) is 0 Å². The van der Waals surface area contributed by atoms with Crippen molar-refractivity contribution >= 4 is 28.3 Å². The van der Waals surface area contributed by atoms with E-state index in [9.17, 15) is 0 Å². The van der Waals surface area contributed by atoms with Gasteiger partial charge >= 0.3 is 0 Å². The summed E-state index contributed by atoms with van der Waals surface area (Å²) in [6.07, 6.45) is 2.21. The van der Waals surface area contributed by atoms with Crippen LogP contribution in [-0.2, 0) is 0 Å². The zero-order valence-electron chi connectivity index (χ0n) is 5.32. The molecule has 0 saturated carbocycles. The Labute approximate surface area is 72.8 Å². The van der Waals surface area contributed by atoms with Gasteiger partial charge in [-0.1, -0.05) is 0 Å². The van der Waals surface area contributed by atoms with Gasteiger partial charge in [0.25, 0.3) is 0 Å². The fourth-order valence-corrected chi connectivity index (χ4v) is 1.46. The lowest BCUT2D eigenvalue weighted by molar-refractivity contribution is 1.17. The molecular weight excluding hydrogens is 241 g/mol. The van der Waals surface area contributed by atoms with E-state index in [1.165, 1.54) is 0 Å². The van der Waals surface area contributed by atoms with Crippen molar-refractivity contribution < 1.29 is 0 Å². The van der Waals surface area contributed by atoms with Crippen molar-refractivity contribution in [1.82, 2.24) is 0 Å². The summed E-state index contributed by atoms with van der Waals surface area (Å²) in [6, 6.07) is 0. The minimum atomic E-state index is 0.514. The van der Waals surface area contributed by atoms with Gasteiger partial charge in [-0.25, -0.2) is 0 Å². The van der Waals surface area contributed by atoms with E-state index in [2.05, 4.69) is 22.6 Å². The average molecular weight is 249 g/mol. The molecule has 0 heterocycles. The zero-order chi connectivity index (χ0) is 7.72. The first-order chi connectivity index (χ1) is 4.61. The summed E-state index contributed by atoms with van der Waals surface area (Å²) in [4.78, 5) is 0. The van der Waals surface area contributed by atoms with Crippen molar-refractivity contribution in [2.24, 2.45) is 11.5 Å². The van der Waals surface area contributed by atoms with Crippen LogP contribution >= 0.6 is 22.6 Å². The van der Waals surface area contributed by atoms with Gasteiger partial charge in [-0.2, -0.15) is 0 Å². The zero-order valence-corrected chi connectivity index (χ0v) is 7.47. The van der Waals surface area contributed by atoms with Crippen LogP contribution in [0.15, 0.2) is 21.0 Å². The summed E-state index contributed by atoms with van der Waals surface area (Å²) >= 11 is 2.11. The predicted octanol–water partition coefficient (Wildman–Crippen LogP) is 0.858. The molecule has 10 heavy (non-hydrogen) atoms. The van der Waals surface area contributed by atoms with Crippen molar-refractivity contribution in [2.75, 3.05) is 0 Å². The smallest absolute Gasteiger partial charge is 0.0646 e. The van der Waals surface area contributed by atoms with Crippen LogP contribution in [-0.4, -0.2) is 5.71 Å². The van der Waals surface area contributed by atoms with Gasteiger partial charge in [-0.05, 0) is 28.7 Å². The van der Waals surface area contributed by atoms with E-state index in [4.69, 9.17) is 16.9 Å². The van der Waals surface area contributed by atoms with Crippen LogP contribution in [0.4, 0.5) is 0 Å². The minimum absolute atomic E-state index is 0.514. The van der Waals surface area contributed by atoms with Crippen molar-refractivity contribution in [3.8, 4) is 0 Å². The lowest BCUT2D eigenvalue weighted by Crippen LogP contribution is -2.17. The van der Waals surface area contributed by atoms with E-state index in [1.807, 2.05) is 0 Å². The highest BCUT2D eigenvalue weighted by Crippen LogP contribution is 2.21. The number of hydrogen-bond acceptors (Lipinski definition) is 3. The molecule has 54 valence electrons. The third-order valence-corrected chi connectivity index (χ3v) is 2.24. The van der Waals surface area contributed by atoms with Crippen LogP contribution in [0.1, 0.15) is 6.42 Å². The largest absolute Gasteiger partial charge is 0.397 e. The Hall–Kier alpha value is -0.520. The Morgan fingerprint density at radius 1 is 1.50 bits per heavy atom. The number of hydrogen-bond donors (Lipinski definition) is 3. The maximum Gasteiger partial charge on any atom is 0.0646 e. The molecule has 0 saturated heterocycles. The first-order valence-electron chi connectivity index (χ1n) is 2.80. The lowest BCUT2D eigenvalue weighted by Gasteiger charge is -2.11. The predicted molar refractivity (Wildman–Crippen MR) is 49.8 cm³/mol. The number of nitrogens with one attached hydrogen (secondary N) is 1. The summed E-state index contributed by atoms with van der Waals surface area (Å²) in [5, 5.41) is 7.29. The molecule has 4 heteroatoms. The normalized spacial score (nSPS) is 19.3. The van der Waals surface area contributed by atoms with Crippen molar-refractivity contribution in [2.45, 2.75) is 6.42 Å². The summed E-state index contributed by atoms with van der Waals surface area (Å²) in [7, 11) is 0. The Balaban J connectivity index is 3.01. The molecular formula is C6H8IN3. The molecule has 0 bridgehead atoms. The molecule has 0 spiro atoms. The van der Waals surface area contributed by atoms with Crippen LogP contribution in [0.25, 0.3) is 0 Å². The van der Waals surface area contributed by atoms with Crippen molar-refractivity contribution in [1.29, 1.82) is 5.41 Å². The second kappa shape index (κ2) is 2.61. The summed E-state index contributed by atoms with van der Waals surface area (Å²) in [5.74, 6) is 0. The van der Waals surface area contributed by atoms with Gasteiger partial charge < -0.3 is 16.9 Å². The Bertz CT molecular complexity index is 234. The van der Waals surface area contributed by atoms with Crippen molar-refractivity contribution in [3.63, 3.8) is 0 Å². The van der Waals surface area contributed by atoms with E-state index < -0.39 is 0 Å². The Morgan fingerprint density at radius 2 is 2.10 bits per heavy atom. The van der Waals surface area contributed by atoms with E-state index in [0.717, 1.165) is 3.58 Å². The molecule has 5 N–H and O–H groups in total. The maximum atomic E-state index is 7.29. The maximum absolute atomic E-state index is 7.29. The minimum Gasteiger partial charge on any atom is -0.397 e. The lowest BCUT2D eigenvalue weighted by atomic mass is 10.1. The van der Waals surface area contributed by atoms with E-state index in [1.54, 1.807) is 6.08 Å². The number of nitrogens with two attached hydrogens (primary N) is 2. The molecule has 0 amide bonds. The van der Waals surface area contributed by atoms with Crippen LogP contribution < -0.4 is 11.5 Å². The molecule has 0 aromatic heterocycles. The Morgan fingerprint density at radius 3 is 2.60 bits per heavy atom. The van der Waals surface area contributed by atoms with Gasteiger partial charge in [0.15, 0.2) is 0 Å². The third-order valence-electron chi connectivity index (χ3n) is 1.28. The summed E-state index contributed by atoms with van der Waals surface area (Å²) in [6.45, 7) is 0. The van der Waals surface area contributed by atoms with Gasteiger partial charge in [0.2, 0.25) is 0 Å². The second-order valence-corrected chi connectivity index (χ2v) is 3.42. The molecule has 0 atom stereocenters. The SMILES string of the molecule is N=C1C=C(N)C(N)=C(I)C1. The summed E-state index contributed by atoms with van der Waals surface area (Å²) in [5.41, 5.74) is 12.7.